The fourth-order valence-electron chi connectivity index (χ4n) is 2.14. The van der Waals surface area contributed by atoms with Crippen molar-refractivity contribution in [3.8, 4) is 0 Å². The van der Waals surface area contributed by atoms with Crippen LogP contribution in [0.15, 0.2) is 11.4 Å². The summed E-state index contributed by atoms with van der Waals surface area (Å²) in [5.41, 5.74) is 7.54. The summed E-state index contributed by atoms with van der Waals surface area (Å²) in [6, 6.07) is 3.03. The molecule has 78 valence electrons. The topological polar surface area (TPSA) is 38.0 Å². The van der Waals surface area contributed by atoms with Gasteiger partial charge in [0, 0.05) is 17.0 Å². The second-order valence-corrected chi connectivity index (χ2v) is 5.05. The van der Waals surface area contributed by atoms with Crippen LogP contribution in [0.2, 0.25) is 0 Å². The molecular weight excluding hydrogens is 192 g/mol. The Kier molecular flexibility index (Phi) is 3.21. The van der Waals surface area contributed by atoms with Crippen LogP contribution >= 0.6 is 11.3 Å². The molecule has 3 heteroatoms. The van der Waals surface area contributed by atoms with Crippen LogP contribution < -0.4 is 11.1 Å². The van der Waals surface area contributed by atoms with E-state index < -0.39 is 0 Å². The average Bonchev–Trinajstić information content (AvgIpc) is 2.75. The average molecular weight is 210 g/mol. The second kappa shape index (κ2) is 4.43. The van der Waals surface area contributed by atoms with Gasteiger partial charge in [-0.05, 0) is 49.7 Å². The van der Waals surface area contributed by atoms with Gasteiger partial charge in [0.05, 0.1) is 0 Å². The van der Waals surface area contributed by atoms with Crippen molar-refractivity contribution in [3.63, 3.8) is 0 Å². The third-order valence-electron chi connectivity index (χ3n) is 2.94. The molecule has 0 amide bonds. The van der Waals surface area contributed by atoms with Crippen LogP contribution in [-0.2, 0) is 0 Å². The highest BCUT2D eigenvalue weighted by atomic mass is 32.1. The van der Waals surface area contributed by atoms with Gasteiger partial charge in [-0.1, -0.05) is 0 Å². The minimum absolute atomic E-state index is 0.227. The van der Waals surface area contributed by atoms with Crippen LogP contribution in [-0.4, -0.2) is 12.6 Å². The van der Waals surface area contributed by atoms with Gasteiger partial charge in [0.25, 0.3) is 0 Å². The Hall–Kier alpha value is -0.380. The van der Waals surface area contributed by atoms with Gasteiger partial charge in [-0.25, -0.2) is 0 Å². The second-order valence-electron chi connectivity index (χ2n) is 4.10. The summed E-state index contributed by atoms with van der Waals surface area (Å²) in [5.74, 6) is 0. The van der Waals surface area contributed by atoms with E-state index in [1.807, 2.05) is 0 Å². The molecule has 0 saturated carbocycles. The van der Waals surface area contributed by atoms with Gasteiger partial charge in [0.1, 0.15) is 0 Å². The molecule has 2 nitrogen and oxygen atoms in total. The number of nitrogens with two attached hydrogens (primary N) is 1. The van der Waals surface area contributed by atoms with E-state index in [1.54, 1.807) is 11.3 Å². The standard InChI is InChI=1S/C11H18N2S/c1-8-4-6-14-11(8)10(12)7-9-3-2-5-13-9/h4,6,9-10,13H,2-3,5,7,12H2,1H3. The molecule has 2 rings (SSSR count). The predicted octanol–water partition coefficient (Wildman–Crippen LogP) is 2.20. The molecule has 1 aromatic rings. The molecule has 0 bridgehead atoms. The van der Waals surface area contributed by atoms with Crippen LogP contribution in [0.5, 0.6) is 0 Å². The van der Waals surface area contributed by atoms with Gasteiger partial charge in [-0.3, -0.25) is 0 Å². The summed E-state index contributed by atoms with van der Waals surface area (Å²) >= 11 is 1.79. The molecule has 1 saturated heterocycles. The van der Waals surface area contributed by atoms with Gasteiger partial charge < -0.3 is 11.1 Å². The first kappa shape index (κ1) is 10.1. The highest BCUT2D eigenvalue weighted by molar-refractivity contribution is 7.10. The summed E-state index contributed by atoms with van der Waals surface area (Å²) < 4.78 is 0. The van der Waals surface area contributed by atoms with Crippen molar-refractivity contribution in [1.29, 1.82) is 0 Å². The zero-order valence-corrected chi connectivity index (χ0v) is 9.44. The summed E-state index contributed by atoms with van der Waals surface area (Å²) in [6.45, 7) is 3.31. The van der Waals surface area contributed by atoms with Crippen molar-refractivity contribution in [3.05, 3.63) is 21.9 Å². The summed E-state index contributed by atoms with van der Waals surface area (Å²) in [5, 5.41) is 5.63. The molecule has 1 aliphatic rings. The van der Waals surface area contributed by atoms with Gasteiger partial charge in [0.2, 0.25) is 0 Å². The Morgan fingerprint density at radius 1 is 1.71 bits per heavy atom. The third kappa shape index (κ3) is 2.16. The maximum Gasteiger partial charge on any atom is 0.0407 e. The number of hydrogen-bond acceptors (Lipinski definition) is 3. The van der Waals surface area contributed by atoms with E-state index >= 15 is 0 Å². The molecule has 1 aromatic heterocycles. The zero-order valence-electron chi connectivity index (χ0n) is 8.62. The number of aryl methyl sites for hydroxylation is 1. The fourth-order valence-corrected chi connectivity index (χ4v) is 3.08. The number of rotatable bonds is 3. The monoisotopic (exact) mass is 210 g/mol. The van der Waals surface area contributed by atoms with E-state index in [0.717, 1.165) is 6.42 Å². The first-order valence-electron chi connectivity index (χ1n) is 5.30. The minimum Gasteiger partial charge on any atom is -0.323 e. The van der Waals surface area contributed by atoms with E-state index in [9.17, 15) is 0 Å². The van der Waals surface area contributed by atoms with Crippen molar-refractivity contribution in [2.24, 2.45) is 5.73 Å². The number of nitrogens with one attached hydrogen (secondary N) is 1. The molecule has 2 heterocycles. The maximum atomic E-state index is 6.19. The van der Waals surface area contributed by atoms with Crippen LogP contribution in [0.1, 0.15) is 35.7 Å². The first-order valence-corrected chi connectivity index (χ1v) is 6.18. The van der Waals surface area contributed by atoms with Crippen molar-refractivity contribution in [2.45, 2.75) is 38.3 Å². The minimum atomic E-state index is 0.227. The SMILES string of the molecule is Cc1ccsc1C(N)CC1CCCN1. The molecular formula is C11H18N2S. The summed E-state index contributed by atoms with van der Waals surface area (Å²) in [7, 11) is 0. The van der Waals surface area contributed by atoms with Gasteiger partial charge in [-0.15, -0.1) is 11.3 Å². The Balaban J connectivity index is 1.95. The molecule has 0 spiro atoms. The fraction of sp³-hybridized carbons (Fsp3) is 0.636. The Labute approximate surface area is 89.5 Å². The smallest absolute Gasteiger partial charge is 0.0407 e. The molecule has 0 radical (unpaired) electrons. The summed E-state index contributed by atoms with van der Waals surface area (Å²) in [6.07, 6.45) is 3.68. The van der Waals surface area contributed by atoms with Crippen LogP contribution in [0, 0.1) is 6.92 Å². The summed E-state index contributed by atoms with van der Waals surface area (Å²) in [4.78, 5) is 1.36. The molecule has 14 heavy (non-hydrogen) atoms. The van der Waals surface area contributed by atoms with Crippen molar-refractivity contribution in [1.82, 2.24) is 5.32 Å². The lowest BCUT2D eigenvalue weighted by Crippen LogP contribution is -2.26. The Morgan fingerprint density at radius 3 is 3.14 bits per heavy atom. The van der Waals surface area contributed by atoms with Crippen LogP contribution in [0.25, 0.3) is 0 Å². The normalized spacial score (nSPS) is 24.0. The molecule has 2 atom stereocenters. The van der Waals surface area contributed by atoms with E-state index in [0.29, 0.717) is 6.04 Å². The lowest BCUT2D eigenvalue weighted by molar-refractivity contribution is 0.502. The lowest BCUT2D eigenvalue weighted by atomic mass is 10.0. The van der Waals surface area contributed by atoms with E-state index in [-0.39, 0.29) is 6.04 Å². The highest BCUT2D eigenvalue weighted by Gasteiger charge is 2.19. The van der Waals surface area contributed by atoms with Crippen LogP contribution in [0.3, 0.4) is 0 Å². The quantitative estimate of drug-likeness (QED) is 0.802. The van der Waals surface area contributed by atoms with Gasteiger partial charge in [0.15, 0.2) is 0 Å². The van der Waals surface area contributed by atoms with E-state index in [2.05, 4.69) is 23.7 Å². The molecule has 3 N–H and O–H groups in total. The largest absolute Gasteiger partial charge is 0.323 e. The van der Waals surface area contributed by atoms with Gasteiger partial charge in [-0.2, -0.15) is 0 Å². The molecule has 2 unspecified atom stereocenters. The lowest BCUT2D eigenvalue weighted by Gasteiger charge is -2.16. The zero-order chi connectivity index (χ0) is 9.97. The molecule has 1 fully saturated rings. The van der Waals surface area contributed by atoms with E-state index in [4.69, 9.17) is 5.73 Å². The van der Waals surface area contributed by atoms with Crippen molar-refractivity contribution >= 4 is 11.3 Å². The van der Waals surface area contributed by atoms with Gasteiger partial charge >= 0.3 is 0 Å². The number of thiophene rings is 1. The highest BCUT2D eigenvalue weighted by Crippen LogP contribution is 2.26. The van der Waals surface area contributed by atoms with Crippen molar-refractivity contribution in [2.75, 3.05) is 6.54 Å². The van der Waals surface area contributed by atoms with Crippen molar-refractivity contribution < 1.29 is 0 Å². The molecule has 1 aliphatic heterocycles. The van der Waals surface area contributed by atoms with Crippen LogP contribution in [0.4, 0.5) is 0 Å². The Morgan fingerprint density at radius 2 is 2.57 bits per heavy atom. The third-order valence-corrected chi connectivity index (χ3v) is 4.09. The maximum absolute atomic E-state index is 6.19. The molecule has 0 aliphatic carbocycles. The first-order chi connectivity index (χ1) is 6.77. The number of hydrogen-bond donors (Lipinski definition) is 2. The predicted molar refractivity (Wildman–Crippen MR) is 61.6 cm³/mol. The van der Waals surface area contributed by atoms with E-state index in [1.165, 1.54) is 29.8 Å². The Bertz CT molecular complexity index is 289. The molecule has 0 aromatic carbocycles.